The van der Waals surface area contributed by atoms with Crippen LogP contribution in [0.2, 0.25) is 0 Å². The molecule has 1 aromatic heterocycles. The van der Waals surface area contributed by atoms with Crippen molar-refractivity contribution >= 4 is 0 Å². The lowest BCUT2D eigenvalue weighted by atomic mass is 10.1. The second-order valence-corrected chi connectivity index (χ2v) is 3.77. The van der Waals surface area contributed by atoms with Crippen LogP contribution in [0.25, 0.3) is 11.3 Å². The number of nitriles is 1. The van der Waals surface area contributed by atoms with Crippen LogP contribution in [0, 0.1) is 11.3 Å². The van der Waals surface area contributed by atoms with Crippen molar-refractivity contribution in [2.75, 3.05) is 19.1 Å². The average Bonchev–Trinajstić information content (AvgIpc) is 2.78. The molecule has 0 saturated carbocycles. The third-order valence-electron chi connectivity index (χ3n) is 2.47. The Balaban J connectivity index is 2.43. The van der Waals surface area contributed by atoms with Crippen LogP contribution >= 0.6 is 0 Å². The molecule has 0 aliphatic rings. The lowest BCUT2D eigenvalue weighted by Crippen LogP contribution is -2.24. The molecule has 0 N–H and O–H groups in total. The van der Waals surface area contributed by atoms with Gasteiger partial charge in [-0.15, -0.1) is 0 Å². The zero-order valence-electron chi connectivity index (χ0n) is 9.38. The van der Waals surface area contributed by atoms with Gasteiger partial charge in [0.25, 0.3) is 0 Å². The van der Waals surface area contributed by atoms with E-state index in [2.05, 4.69) is 16.8 Å². The number of aromatic nitrogens is 1. The van der Waals surface area contributed by atoms with Gasteiger partial charge in [0, 0.05) is 25.9 Å². The van der Waals surface area contributed by atoms with E-state index in [9.17, 15) is 0 Å². The molecule has 3 heteroatoms. The standard InChI is InChI=1S/C13H13N3/c1-15(2)16-9-3-4-13(16)12-7-5-11(10-14)6-8-12/h3-9H,1-2H3. The number of hydrogen-bond donors (Lipinski definition) is 0. The summed E-state index contributed by atoms with van der Waals surface area (Å²) in [6.45, 7) is 0. The van der Waals surface area contributed by atoms with Gasteiger partial charge in [0.2, 0.25) is 0 Å². The highest BCUT2D eigenvalue weighted by molar-refractivity contribution is 5.61. The summed E-state index contributed by atoms with van der Waals surface area (Å²) < 4.78 is 2.06. The summed E-state index contributed by atoms with van der Waals surface area (Å²) in [4.78, 5) is 0. The molecule has 0 atom stereocenters. The van der Waals surface area contributed by atoms with Gasteiger partial charge in [-0.25, -0.2) is 0 Å². The Morgan fingerprint density at radius 3 is 2.38 bits per heavy atom. The van der Waals surface area contributed by atoms with Gasteiger partial charge in [0.1, 0.15) is 0 Å². The Hall–Kier alpha value is -2.21. The fourth-order valence-corrected chi connectivity index (χ4v) is 1.67. The molecule has 1 aromatic carbocycles. The van der Waals surface area contributed by atoms with E-state index in [1.54, 1.807) is 0 Å². The van der Waals surface area contributed by atoms with Gasteiger partial charge in [0.05, 0.1) is 17.3 Å². The molecule has 1 heterocycles. The Bertz CT molecular complexity index is 515. The van der Waals surface area contributed by atoms with Crippen molar-refractivity contribution in [2.45, 2.75) is 0 Å². The molecule has 3 nitrogen and oxygen atoms in total. The van der Waals surface area contributed by atoms with E-state index in [-0.39, 0.29) is 0 Å². The van der Waals surface area contributed by atoms with Crippen LogP contribution in [-0.4, -0.2) is 18.8 Å². The Morgan fingerprint density at radius 1 is 1.12 bits per heavy atom. The molecule has 0 unspecified atom stereocenters. The minimum atomic E-state index is 0.687. The third-order valence-corrected chi connectivity index (χ3v) is 2.47. The van der Waals surface area contributed by atoms with E-state index < -0.39 is 0 Å². The highest BCUT2D eigenvalue weighted by atomic mass is 15.5. The topological polar surface area (TPSA) is 32.0 Å². The molecular formula is C13H13N3. The second-order valence-electron chi connectivity index (χ2n) is 3.77. The number of hydrogen-bond acceptors (Lipinski definition) is 2. The summed E-state index contributed by atoms with van der Waals surface area (Å²) in [7, 11) is 3.99. The number of benzene rings is 1. The van der Waals surface area contributed by atoms with Crippen molar-refractivity contribution in [2.24, 2.45) is 0 Å². The minimum absolute atomic E-state index is 0.687. The highest BCUT2D eigenvalue weighted by Gasteiger charge is 2.04. The smallest absolute Gasteiger partial charge is 0.0991 e. The fraction of sp³-hybridized carbons (Fsp3) is 0.154. The number of nitrogens with zero attached hydrogens (tertiary/aromatic N) is 3. The van der Waals surface area contributed by atoms with E-state index >= 15 is 0 Å². The summed E-state index contributed by atoms with van der Waals surface area (Å²) >= 11 is 0. The monoisotopic (exact) mass is 211 g/mol. The third kappa shape index (κ3) is 1.78. The van der Waals surface area contributed by atoms with Crippen molar-refractivity contribution in [3.05, 3.63) is 48.2 Å². The summed E-state index contributed by atoms with van der Waals surface area (Å²) in [5.41, 5.74) is 2.92. The largest absolute Gasteiger partial charge is 0.319 e. The second kappa shape index (κ2) is 4.11. The maximum atomic E-state index is 8.74. The summed E-state index contributed by atoms with van der Waals surface area (Å²) in [6.07, 6.45) is 2.01. The molecule has 2 aromatic rings. The molecule has 16 heavy (non-hydrogen) atoms. The predicted octanol–water partition coefficient (Wildman–Crippen LogP) is 2.22. The fourth-order valence-electron chi connectivity index (χ4n) is 1.67. The van der Waals surface area contributed by atoms with Gasteiger partial charge in [0.15, 0.2) is 0 Å². The Morgan fingerprint density at radius 2 is 1.81 bits per heavy atom. The van der Waals surface area contributed by atoms with Crippen LogP contribution in [0.15, 0.2) is 42.6 Å². The van der Waals surface area contributed by atoms with E-state index in [0.29, 0.717) is 5.56 Å². The van der Waals surface area contributed by atoms with E-state index in [4.69, 9.17) is 5.26 Å². The molecule has 0 aliphatic carbocycles. The average molecular weight is 211 g/mol. The predicted molar refractivity (Wildman–Crippen MR) is 64.6 cm³/mol. The SMILES string of the molecule is CN(C)n1cccc1-c1ccc(C#N)cc1. The van der Waals surface area contributed by atoms with Gasteiger partial charge in [-0.05, 0) is 24.3 Å². The molecule has 0 bridgehead atoms. The van der Waals surface area contributed by atoms with E-state index in [1.165, 1.54) is 0 Å². The maximum Gasteiger partial charge on any atom is 0.0991 e. The molecule has 0 amide bonds. The first-order valence-electron chi connectivity index (χ1n) is 5.08. The van der Waals surface area contributed by atoms with Crippen LogP contribution in [0.5, 0.6) is 0 Å². The summed E-state index contributed by atoms with van der Waals surface area (Å²) in [6, 6.07) is 13.8. The van der Waals surface area contributed by atoms with Crippen LogP contribution in [0.3, 0.4) is 0 Å². The van der Waals surface area contributed by atoms with Gasteiger partial charge >= 0.3 is 0 Å². The molecule has 0 spiro atoms. The quantitative estimate of drug-likeness (QED) is 0.763. The lowest BCUT2D eigenvalue weighted by Gasteiger charge is -2.18. The van der Waals surface area contributed by atoms with Crippen molar-refractivity contribution < 1.29 is 0 Å². The van der Waals surface area contributed by atoms with Crippen molar-refractivity contribution in [1.82, 2.24) is 4.68 Å². The van der Waals surface area contributed by atoms with Crippen LogP contribution in [-0.2, 0) is 0 Å². The number of rotatable bonds is 2. The summed E-state index contributed by atoms with van der Waals surface area (Å²) in [5.74, 6) is 0. The van der Waals surface area contributed by atoms with Crippen LogP contribution in [0.4, 0.5) is 0 Å². The first kappa shape index (κ1) is 10.3. The molecule has 80 valence electrons. The van der Waals surface area contributed by atoms with Crippen LogP contribution < -0.4 is 5.01 Å². The summed E-state index contributed by atoms with van der Waals surface area (Å²) in [5, 5.41) is 10.7. The Kier molecular flexibility index (Phi) is 2.65. The minimum Gasteiger partial charge on any atom is -0.319 e. The van der Waals surface area contributed by atoms with Crippen molar-refractivity contribution in [1.29, 1.82) is 5.26 Å². The Labute approximate surface area is 95.1 Å². The van der Waals surface area contributed by atoms with Crippen LogP contribution in [0.1, 0.15) is 5.56 Å². The molecular weight excluding hydrogens is 198 g/mol. The maximum absolute atomic E-state index is 8.74. The zero-order valence-corrected chi connectivity index (χ0v) is 9.38. The van der Waals surface area contributed by atoms with Crippen molar-refractivity contribution in [3.63, 3.8) is 0 Å². The molecule has 0 saturated heterocycles. The zero-order chi connectivity index (χ0) is 11.5. The first-order chi connectivity index (χ1) is 7.72. The van der Waals surface area contributed by atoms with Crippen molar-refractivity contribution in [3.8, 4) is 17.3 Å². The lowest BCUT2D eigenvalue weighted by molar-refractivity contribution is 0.744. The molecule has 0 aliphatic heterocycles. The highest BCUT2D eigenvalue weighted by Crippen LogP contribution is 2.20. The van der Waals surface area contributed by atoms with Gasteiger partial charge < -0.3 is 5.01 Å². The molecule has 0 radical (unpaired) electrons. The van der Waals surface area contributed by atoms with Gasteiger partial charge in [-0.2, -0.15) is 5.26 Å². The first-order valence-corrected chi connectivity index (χ1v) is 5.08. The van der Waals surface area contributed by atoms with E-state index in [0.717, 1.165) is 11.3 Å². The normalized spacial score (nSPS) is 9.81. The molecule has 0 fully saturated rings. The van der Waals surface area contributed by atoms with E-state index in [1.807, 2.05) is 55.6 Å². The molecule has 2 rings (SSSR count). The van der Waals surface area contributed by atoms with Gasteiger partial charge in [-0.1, -0.05) is 12.1 Å². The van der Waals surface area contributed by atoms with Gasteiger partial charge in [-0.3, -0.25) is 4.68 Å².